The number of carboxylic acids is 1. The zero-order valence-electron chi connectivity index (χ0n) is 10.6. The standard InChI is InChI=1S/C15H13FO3/c1-9-13(7-11(15(17)18)8-14(9)16)10-3-5-12(19-2)6-4-10/h3-8H,1-2H3,(H,17,18). The predicted molar refractivity (Wildman–Crippen MR) is 70.1 cm³/mol. The van der Waals surface area contributed by atoms with Gasteiger partial charge < -0.3 is 9.84 Å². The van der Waals surface area contributed by atoms with Gasteiger partial charge in [0.15, 0.2) is 0 Å². The Morgan fingerprint density at radius 3 is 2.37 bits per heavy atom. The van der Waals surface area contributed by atoms with E-state index in [1.54, 1.807) is 38.3 Å². The Kier molecular flexibility index (Phi) is 3.51. The molecule has 3 nitrogen and oxygen atoms in total. The number of hydrogen-bond donors (Lipinski definition) is 1. The van der Waals surface area contributed by atoms with Crippen LogP contribution < -0.4 is 4.74 Å². The lowest BCUT2D eigenvalue weighted by Crippen LogP contribution is -2.00. The quantitative estimate of drug-likeness (QED) is 0.918. The van der Waals surface area contributed by atoms with Crippen LogP contribution in [0, 0.1) is 12.7 Å². The number of benzene rings is 2. The van der Waals surface area contributed by atoms with Crippen molar-refractivity contribution in [1.29, 1.82) is 0 Å². The molecule has 1 N–H and O–H groups in total. The van der Waals surface area contributed by atoms with Crippen molar-refractivity contribution in [2.24, 2.45) is 0 Å². The predicted octanol–water partition coefficient (Wildman–Crippen LogP) is 3.51. The Morgan fingerprint density at radius 1 is 1.21 bits per heavy atom. The Balaban J connectivity index is 2.56. The van der Waals surface area contributed by atoms with E-state index in [2.05, 4.69) is 0 Å². The Labute approximate surface area is 110 Å². The molecule has 0 radical (unpaired) electrons. The van der Waals surface area contributed by atoms with Crippen molar-refractivity contribution in [1.82, 2.24) is 0 Å². The van der Waals surface area contributed by atoms with E-state index in [4.69, 9.17) is 9.84 Å². The van der Waals surface area contributed by atoms with Crippen LogP contribution in [0.3, 0.4) is 0 Å². The molecule has 0 unspecified atom stereocenters. The average molecular weight is 260 g/mol. The molecule has 2 aromatic carbocycles. The molecule has 0 spiro atoms. The smallest absolute Gasteiger partial charge is 0.335 e. The number of hydrogen-bond acceptors (Lipinski definition) is 2. The summed E-state index contributed by atoms with van der Waals surface area (Å²) in [5.74, 6) is -0.976. The van der Waals surface area contributed by atoms with Gasteiger partial charge in [-0.1, -0.05) is 12.1 Å². The van der Waals surface area contributed by atoms with Gasteiger partial charge >= 0.3 is 5.97 Å². The van der Waals surface area contributed by atoms with E-state index in [0.29, 0.717) is 16.9 Å². The van der Waals surface area contributed by atoms with E-state index in [1.165, 1.54) is 6.07 Å². The number of halogens is 1. The third kappa shape index (κ3) is 2.57. The first-order valence-corrected chi connectivity index (χ1v) is 5.71. The molecule has 0 atom stereocenters. The Morgan fingerprint density at radius 2 is 1.84 bits per heavy atom. The van der Waals surface area contributed by atoms with Crippen molar-refractivity contribution in [2.75, 3.05) is 7.11 Å². The van der Waals surface area contributed by atoms with Gasteiger partial charge in [0.2, 0.25) is 0 Å². The van der Waals surface area contributed by atoms with Crippen LogP contribution in [0.2, 0.25) is 0 Å². The second-order valence-corrected chi connectivity index (χ2v) is 4.16. The van der Waals surface area contributed by atoms with Crippen LogP contribution >= 0.6 is 0 Å². The SMILES string of the molecule is COc1ccc(-c2cc(C(=O)O)cc(F)c2C)cc1. The molecule has 0 heterocycles. The summed E-state index contributed by atoms with van der Waals surface area (Å²) in [7, 11) is 1.56. The summed E-state index contributed by atoms with van der Waals surface area (Å²) in [5.41, 5.74) is 1.68. The number of methoxy groups -OCH3 is 1. The lowest BCUT2D eigenvalue weighted by molar-refractivity contribution is 0.0696. The molecule has 0 aliphatic carbocycles. The molecule has 0 amide bonds. The second-order valence-electron chi connectivity index (χ2n) is 4.16. The van der Waals surface area contributed by atoms with Gasteiger partial charge in [-0.25, -0.2) is 9.18 Å². The van der Waals surface area contributed by atoms with E-state index in [9.17, 15) is 9.18 Å². The first-order chi connectivity index (χ1) is 9.02. The van der Waals surface area contributed by atoms with Gasteiger partial charge in [0, 0.05) is 0 Å². The van der Waals surface area contributed by atoms with E-state index in [-0.39, 0.29) is 5.56 Å². The summed E-state index contributed by atoms with van der Waals surface area (Å²) in [6.07, 6.45) is 0. The molecule has 19 heavy (non-hydrogen) atoms. The molecule has 0 saturated carbocycles. The Hall–Kier alpha value is -2.36. The van der Waals surface area contributed by atoms with Gasteiger partial charge in [0.1, 0.15) is 11.6 Å². The molecule has 2 rings (SSSR count). The molecule has 0 fully saturated rings. The maximum Gasteiger partial charge on any atom is 0.335 e. The van der Waals surface area contributed by atoms with Crippen molar-refractivity contribution >= 4 is 5.97 Å². The van der Waals surface area contributed by atoms with Crippen LogP contribution in [0.25, 0.3) is 11.1 Å². The van der Waals surface area contributed by atoms with Crippen molar-refractivity contribution in [3.8, 4) is 16.9 Å². The third-order valence-electron chi connectivity index (χ3n) is 2.99. The van der Waals surface area contributed by atoms with E-state index in [0.717, 1.165) is 11.6 Å². The summed E-state index contributed by atoms with van der Waals surface area (Å²) in [5, 5.41) is 8.97. The van der Waals surface area contributed by atoms with Crippen LogP contribution in [-0.4, -0.2) is 18.2 Å². The largest absolute Gasteiger partial charge is 0.497 e. The molecule has 98 valence electrons. The van der Waals surface area contributed by atoms with Gasteiger partial charge in [-0.15, -0.1) is 0 Å². The van der Waals surface area contributed by atoms with Crippen LogP contribution in [-0.2, 0) is 0 Å². The number of aromatic carboxylic acids is 1. The minimum absolute atomic E-state index is 0.0612. The van der Waals surface area contributed by atoms with E-state index in [1.807, 2.05) is 0 Å². The van der Waals surface area contributed by atoms with Crippen molar-refractivity contribution in [2.45, 2.75) is 6.92 Å². The zero-order chi connectivity index (χ0) is 14.0. The minimum atomic E-state index is -1.14. The van der Waals surface area contributed by atoms with Gasteiger partial charge in [-0.3, -0.25) is 0 Å². The molecule has 0 aliphatic rings. The maximum atomic E-state index is 13.7. The fourth-order valence-corrected chi connectivity index (χ4v) is 1.87. The van der Waals surface area contributed by atoms with E-state index >= 15 is 0 Å². The fourth-order valence-electron chi connectivity index (χ4n) is 1.87. The molecule has 0 aliphatic heterocycles. The monoisotopic (exact) mass is 260 g/mol. The molecular weight excluding hydrogens is 247 g/mol. The van der Waals surface area contributed by atoms with Crippen LogP contribution in [0.15, 0.2) is 36.4 Å². The minimum Gasteiger partial charge on any atom is -0.497 e. The van der Waals surface area contributed by atoms with Gasteiger partial charge in [-0.2, -0.15) is 0 Å². The number of ether oxygens (including phenoxy) is 1. The number of rotatable bonds is 3. The molecule has 2 aromatic rings. The summed E-state index contributed by atoms with van der Waals surface area (Å²) >= 11 is 0. The highest BCUT2D eigenvalue weighted by Crippen LogP contribution is 2.28. The van der Waals surface area contributed by atoms with E-state index < -0.39 is 11.8 Å². The first kappa shape index (κ1) is 13.1. The van der Waals surface area contributed by atoms with Gasteiger partial charge in [0.25, 0.3) is 0 Å². The highest BCUT2D eigenvalue weighted by Gasteiger charge is 2.12. The first-order valence-electron chi connectivity index (χ1n) is 5.71. The van der Waals surface area contributed by atoms with Crippen LogP contribution in [0.1, 0.15) is 15.9 Å². The highest BCUT2D eigenvalue weighted by molar-refractivity contribution is 5.90. The highest BCUT2D eigenvalue weighted by atomic mass is 19.1. The maximum absolute atomic E-state index is 13.7. The Bertz CT molecular complexity index is 618. The summed E-state index contributed by atoms with van der Waals surface area (Å²) in [6, 6.07) is 9.55. The normalized spacial score (nSPS) is 10.3. The van der Waals surface area contributed by atoms with Gasteiger partial charge in [0.05, 0.1) is 12.7 Å². The number of carbonyl (C=O) groups is 1. The number of carboxylic acid groups (broad SMARTS) is 1. The van der Waals surface area contributed by atoms with Gasteiger partial charge in [-0.05, 0) is 47.9 Å². The van der Waals surface area contributed by atoms with Crippen molar-refractivity contribution in [3.63, 3.8) is 0 Å². The topological polar surface area (TPSA) is 46.5 Å². The lowest BCUT2D eigenvalue weighted by atomic mass is 9.97. The summed E-state index contributed by atoms with van der Waals surface area (Å²) < 4.78 is 18.8. The summed E-state index contributed by atoms with van der Waals surface area (Å²) in [6.45, 7) is 1.63. The van der Waals surface area contributed by atoms with Crippen molar-refractivity contribution in [3.05, 3.63) is 53.3 Å². The molecule has 0 bridgehead atoms. The summed E-state index contributed by atoms with van der Waals surface area (Å²) in [4.78, 5) is 11.0. The molecule has 0 aromatic heterocycles. The fraction of sp³-hybridized carbons (Fsp3) is 0.133. The van der Waals surface area contributed by atoms with Crippen LogP contribution in [0.5, 0.6) is 5.75 Å². The molecule has 4 heteroatoms. The van der Waals surface area contributed by atoms with Crippen molar-refractivity contribution < 1.29 is 19.0 Å². The zero-order valence-corrected chi connectivity index (χ0v) is 10.6. The molecular formula is C15H13FO3. The second kappa shape index (κ2) is 5.10. The lowest BCUT2D eigenvalue weighted by Gasteiger charge is -2.09. The average Bonchev–Trinajstić information content (AvgIpc) is 2.41. The molecule has 0 saturated heterocycles. The third-order valence-corrected chi connectivity index (χ3v) is 2.99. The van der Waals surface area contributed by atoms with Crippen LogP contribution in [0.4, 0.5) is 4.39 Å².